The molecule has 0 fully saturated rings. The van der Waals surface area contributed by atoms with Crippen molar-refractivity contribution in [2.75, 3.05) is 6.54 Å². The highest BCUT2D eigenvalue weighted by molar-refractivity contribution is 6.69. The largest absolute Gasteiger partial charge is 0.481 e. The summed E-state index contributed by atoms with van der Waals surface area (Å²) in [5.41, 5.74) is 3.23. The second-order valence-corrected chi connectivity index (χ2v) is 18.3. The highest BCUT2D eigenvalue weighted by atomic mass is 28.4. The maximum atomic E-state index is 13.2. The molecule has 16 heteroatoms. The first kappa shape index (κ1) is 41.4. The first-order chi connectivity index (χ1) is 25.6. The number of carboxylic acids is 2. The van der Waals surface area contributed by atoms with Crippen molar-refractivity contribution in [3.63, 3.8) is 0 Å². The SMILES string of the molecule is C#CCC(c1ccc(C(=O)N[C@@H](CCC(=O)N[C@H](CCC(=O)O)C(=O)NCCC[Si](C)(C)O)C(=O)O)cc1)[C@H]1CCc2cc3nc(CO)[nH]c(=O)c3cc21. The van der Waals surface area contributed by atoms with E-state index in [4.69, 9.17) is 11.5 Å². The summed E-state index contributed by atoms with van der Waals surface area (Å²) in [6.07, 6.45) is 6.96. The summed E-state index contributed by atoms with van der Waals surface area (Å²) < 4.78 is 0. The molecule has 0 spiro atoms. The van der Waals surface area contributed by atoms with E-state index in [1.54, 1.807) is 37.4 Å². The Bertz CT molecular complexity index is 1970. The topological polar surface area (TPSA) is 248 Å². The average molecular weight is 762 g/mol. The van der Waals surface area contributed by atoms with E-state index in [2.05, 4.69) is 31.8 Å². The number of fused-ring (bicyclic) bond motifs is 2. The molecule has 0 bridgehead atoms. The molecule has 0 saturated carbocycles. The molecular formula is C38H47N5O10Si. The molecule has 2 aromatic carbocycles. The third-order valence-electron chi connectivity index (χ3n) is 9.54. The van der Waals surface area contributed by atoms with Crippen LogP contribution in [0.4, 0.5) is 0 Å². The first-order valence-electron chi connectivity index (χ1n) is 17.8. The number of carbonyl (C=O) groups is 5. The van der Waals surface area contributed by atoms with Crippen LogP contribution in [-0.4, -0.2) is 86.7 Å². The van der Waals surface area contributed by atoms with Crippen LogP contribution in [0.2, 0.25) is 19.1 Å². The fourth-order valence-electron chi connectivity index (χ4n) is 6.75. The van der Waals surface area contributed by atoms with Crippen LogP contribution in [-0.2, 0) is 32.2 Å². The smallest absolute Gasteiger partial charge is 0.326 e. The van der Waals surface area contributed by atoms with Gasteiger partial charge in [0.2, 0.25) is 11.8 Å². The molecule has 1 aromatic heterocycles. The van der Waals surface area contributed by atoms with Gasteiger partial charge in [0.05, 0.1) is 10.9 Å². The number of aryl methyl sites for hydroxylation is 1. The predicted octanol–water partition coefficient (Wildman–Crippen LogP) is 2.27. The van der Waals surface area contributed by atoms with Gasteiger partial charge in [0.25, 0.3) is 11.5 Å². The number of nitrogens with one attached hydrogen (secondary N) is 4. The van der Waals surface area contributed by atoms with E-state index < -0.39 is 50.1 Å². The number of rotatable bonds is 19. The van der Waals surface area contributed by atoms with Crippen LogP contribution in [0.5, 0.6) is 0 Å². The van der Waals surface area contributed by atoms with E-state index >= 15 is 0 Å². The minimum atomic E-state index is -2.31. The standard InChI is InChI=1S/C38H47N5O10Si/c1-4-6-25(26-12-11-24-19-31-28(20-27(24)26)36(49)43-32(21-44)40-31)22-7-9-23(10-8-22)35(48)42-30(38(51)52)13-15-33(45)41-29(14-16-34(46)47)37(50)39-17-5-18-54(2,3)53/h1,7-10,19-20,25-26,29-30,44,53H,5-6,11-18,21H2,2-3H3,(H,39,50)(H,41,45)(H,42,48)(H,46,47)(H,51,52)(H,40,43,49)/t25?,26-,29-,30+/m1/s1. The molecule has 288 valence electrons. The number of aromatic nitrogens is 2. The van der Waals surface area contributed by atoms with Gasteiger partial charge in [0, 0.05) is 37.3 Å². The third-order valence-corrected chi connectivity index (χ3v) is 11.1. The van der Waals surface area contributed by atoms with Gasteiger partial charge in [0.1, 0.15) is 24.5 Å². The number of aliphatic hydroxyl groups is 1. The fraction of sp³-hybridized carbons (Fsp3) is 0.447. The highest BCUT2D eigenvalue weighted by Crippen LogP contribution is 2.45. The van der Waals surface area contributed by atoms with Gasteiger partial charge in [0.15, 0.2) is 8.32 Å². The molecule has 1 aliphatic rings. The predicted molar refractivity (Wildman–Crippen MR) is 201 cm³/mol. The van der Waals surface area contributed by atoms with Crippen LogP contribution in [0.1, 0.15) is 89.7 Å². The summed E-state index contributed by atoms with van der Waals surface area (Å²) in [5.74, 6) is -1.71. The molecule has 54 heavy (non-hydrogen) atoms. The van der Waals surface area contributed by atoms with Crippen molar-refractivity contribution in [2.45, 2.75) is 101 Å². The van der Waals surface area contributed by atoms with Crippen LogP contribution in [0.25, 0.3) is 10.9 Å². The lowest BCUT2D eigenvalue weighted by molar-refractivity contribution is -0.140. The summed E-state index contributed by atoms with van der Waals surface area (Å²) in [7, 11) is -2.31. The first-order valence-corrected chi connectivity index (χ1v) is 21.0. The normalized spacial score (nSPS) is 15.4. The molecule has 4 atom stereocenters. The summed E-state index contributed by atoms with van der Waals surface area (Å²) in [5, 5.41) is 36.3. The molecule has 0 saturated heterocycles. The maximum absolute atomic E-state index is 13.2. The Hall–Kier alpha value is -5.37. The number of carbonyl (C=O) groups excluding carboxylic acids is 3. The Morgan fingerprint density at radius 3 is 2.37 bits per heavy atom. The van der Waals surface area contributed by atoms with Crippen molar-refractivity contribution in [2.24, 2.45) is 0 Å². The number of amides is 3. The Morgan fingerprint density at radius 2 is 1.74 bits per heavy atom. The second-order valence-electron chi connectivity index (χ2n) is 14.2. The minimum Gasteiger partial charge on any atom is -0.481 e. The van der Waals surface area contributed by atoms with Gasteiger partial charge in [-0.3, -0.25) is 24.0 Å². The van der Waals surface area contributed by atoms with E-state index in [1.165, 1.54) is 0 Å². The molecule has 3 amide bonds. The van der Waals surface area contributed by atoms with E-state index in [0.29, 0.717) is 29.8 Å². The maximum Gasteiger partial charge on any atom is 0.326 e. The summed E-state index contributed by atoms with van der Waals surface area (Å²) >= 11 is 0. The van der Waals surface area contributed by atoms with Crippen LogP contribution < -0.4 is 21.5 Å². The molecule has 15 nitrogen and oxygen atoms in total. The lowest BCUT2D eigenvalue weighted by Gasteiger charge is -2.24. The van der Waals surface area contributed by atoms with Gasteiger partial charge in [-0.05, 0) is 98.1 Å². The quantitative estimate of drug-likeness (QED) is 0.0500. The Morgan fingerprint density at radius 1 is 1.04 bits per heavy atom. The van der Waals surface area contributed by atoms with Crippen molar-refractivity contribution < 1.29 is 44.1 Å². The number of carboxylic acid groups (broad SMARTS) is 2. The van der Waals surface area contributed by atoms with Gasteiger partial charge in [-0.2, -0.15) is 0 Å². The van der Waals surface area contributed by atoms with Crippen molar-refractivity contribution in [3.05, 3.63) is 74.8 Å². The van der Waals surface area contributed by atoms with Crippen molar-refractivity contribution in [1.82, 2.24) is 25.9 Å². The zero-order valence-corrected chi connectivity index (χ0v) is 31.3. The lowest BCUT2D eigenvalue weighted by atomic mass is 9.80. The molecule has 1 heterocycles. The molecule has 0 aliphatic heterocycles. The number of aliphatic hydroxyl groups excluding tert-OH is 1. The number of hydrogen-bond acceptors (Lipinski definition) is 9. The molecule has 8 N–H and O–H groups in total. The van der Waals surface area contributed by atoms with E-state index in [0.717, 1.165) is 29.5 Å². The second kappa shape index (κ2) is 18.6. The van der Waals surface area contributed by atoms with Gasteiger partial charge in [-0.15, -0.1) is 12.3 Å². The Labute approximate surface area is 313 Å². The van der Waals surface area contributed by atoms with Crippen molar-refractivity contribution >= 4 is 48.9 Å². The van der Waals surface area contributed by atoms with Crippen LogP contribution in [0.3, 0.4) is 0 Å². The number of aromatic amines is 1. The summed E-state index contributed by atoms with van der Waals surface area (Å²) in [6.45, 7) is 3.38. The summed E-state index contributed by atoms with van der Waals surface area (Å²) in [4.78, 5) is 91.5. The van der Waals surface area contributed by atoms with Gasteiger partial charge in [-0.25, -0.2) is 9.78 Å². The average Bonchev–Trinajstić information content (AvgIpc) is 3.53. The number of nitrogens with zero attached hydrogens (tertiary/aromatic N) is 1. The fourth-order valence-corrected chi connectivity index (χ4v) is 7.79. The summed E-state index contributed by atoms with van der Waals surface area (Å²) in [6, 6.07) is 8.30. The molecule has 1 unspecified atom stereocenters. The molecular weight excluding hydrogens is 715 g/mol. The third kappa shape index (κ3) is 11.3. The molecule has 4 rings (SSSR count). The number of terminal acetylenes is 1. The van der Waals surface area contributed by atoms with Gasteiger partial charge in [-0.1, -0.05) is 12.1 Å². The van der Waals surface area contributed by atoms with Crippen LogP contribution in [0.15, 0.2) is 41.2 Å². The van der Waals surface area contributed by atoms with Crippen molar-refractivity contribution in [3.8, 4) is 12.3 Å². The number of benzene rings is 2. The van der Waals surface area contributed by atoms with Crippen LogP contribution >= 0.6 is 0 Å². The highest BCUT2D eigenvalue weighted by Gasteiger charge is 2.32. The van der Waals surface area contributed by atoms with E-state index in [9.17, 15) is 43.8 Å². The molecule has 3 aromatic rings. The minimum absolute atomic E-state index is 0.0189. The number of hydrogen-bond donors (Lipinski definition) is 8. The molecule has 0 radical (unpaired) electrons. The zero-order valence-electron chi connectivity index (χ0n) is 30.3. The number of H-pyrrole nitrogens is 1. The van der Waals surface area contributed by atoms with Crippen LogP contribution in [0, 0.1) is 12.3 Å². The van der Waals surface area contributed by atoms with Gasteiger partial charge >= 0.3 is 11.9 Å². The lowest BCUT2D eigenvalue weighted by Crippen LogP contribution is -2.48. The Balaban J connectivity index is 1.39. The van der Waals surface area contributed by atoms with Crippen molar-refractivity contribution in [1.29, 1.82) is 0 Å². The monoisotopic (exact) mass is 761 g/mol. The Kier molecular flexibility index (Phi) is 14.2. The van der Waals surface area contributed by atoms with Gasteiger partial charge < -0.3 is 41.0 Å². The van der Waals surface area contributed by atoms with E-state index in [-0.39, 0.29) is 67.6 Å². The molecule has 1 aliphatic carbocycles. The van der Waals surface area contributed by atoms with E-state index in [1.807, 2.05) is 12.1 Å². The number of aliphatic carboxylic acids is 2. The zero-order chi connectivity index (χ0) is 39.6.